The van der Waals surface area contributed by atoms with Crippen molar-refractivity contribution in [2.45, 2.75) is 44.7 Å². The Kier molecular flexibility index (Phi) is 6.40. The lowest BCUT2D eigenvalue weighted by Crippen LogP contribution is -2.41. The summed E-state index contributed by atoms with van der Waals surface area (Å²) in [6.45, 7) is 7.40. The van der Waals surface area contributed by atoms with Crippen molar-refractivity contribution < 1.29 is 13.2 Å². The second-order valence-electron chi connectivity index (χ2n) is 8.02. The third-order valence-corrected chi connectivity index (χ3v) is 7.02. The Hall–Kier alpha value is -2.55. The summed E-state index contributed by atoms with van der Waals surface area (Å²) in [5.74, 6) is -0.271. The highest BCUT2D eigenvalue weighted by atomic mass is 32.2. The zero-order valence-electron chi connectivity index (χ0n) is 17.4. The molecule has 0 fully saturated rings. The van der Waals surface area contributed by atoms with Crippen molar-refractivity contribution in [2.24, 2.45) is 0 Å². The van der Waals surface area contributed by atoms with E-state index < -0.39 is 15.6 Å². The van der Waals surface area contributed by atoms with E-state index in [1.54, 1.807) is 68.5 Å². The van der Waals surface area contributed by atoms with Crippen LogP contribution >= 0.6 is 11.3 Å². The van der Waals surface area contributed by atoms with Gasteiger partial charge in [-0.05, 0) is 51.5 Å². The van der Waals surface area contributed by atoms with Crippen LogP contribution in [0.3, 0.4) is 0 Å². The van der Waals surface area contributed by atoms with E-state index in [0.717, 1.165) is 16.3 Å². The molecule has 2 N–H and O–H groups in total. The van der Waals surface area contributed by atoms with Gasteiger partial charge in [0.15, 0.2) is 0 Å². The molecule has 0 spiro atoms. The smallest absolute Gasteiger partial charge is 0.251 e. The zero-order chi connectivity index (χ0) is 21.9. The summed E-state index contributed by atoms with van der Waals surface area (Å²) in [7, 11) is -3.70. The standard InChI is InChI=1S/C22H25N3O3S2/c1-15-14-29-21(24-15)17-11-9-16(10-12-17)20(26)23-13-18-7-5-6-8-19(18)30(27,28)25-22(2,3)4/h5-12,14,25H,13H2,1-4H3,(H,23,26). The minimum absolute atomic E-state index is 0.105. The molecule has 0 bridgehead atoms. The van der Waals surface area contributed by atoms with E-state index in [4.69, 9.17) is 0 Å². The molecule has 0 aliphatic carbocycles. The number of sulfonamides is 1. The molecule has 2 aromatic carbocycles. The average molecular weight is 444 g/mol. The average Bonchev–Trinajstić information content (AvgIpc) is 3.11. The summed E-state index contributed by atoms with van der Waals surface area (Å²) >= 11 is 1.56. The molecule has 0 atom stereocenters. The van der Waals surface area contributed by atoms with E-state index in [9.17, 15) is 13.2 Å². The molecule has 3 aromatic rings. The summed E-state index contributed by atoms with van der Waals surface area (Å²) in [5.41, 5.74) is 2.34. The van der Waals surface area contributed by atoms with Crippen molar-refractivity contribution in [1.82, 2.24) is 15.0 Å². The van der Waals surface area contributed by atoms with E-state index in [2.05, 4.69) is 15.0 Å². The Bertz CT molecular complexity index is 1140. The third-order valence-electron chi connectivity index (χ3n) is 4.16. The number of nitrogens with zero attached hydrogens (tertiary/aromatic N) is 1. The number of rotatable bonds is 6. The number of carbonyl (C=O) groups excluding carboxylic acids is 1. The van der Waals surface area contributed by atoms with Gasteiger partial charge >= 0.3 is 0 Å². The minimum atomic E-state index is -3.70. The topological polar surface area (TPSA) is 88.2 Å². The SMILES string of the molecule is Cc1csc(-c2ccc(C(=O)NCc3ccccc3S(=O)(=O)NC(C)(C)C)cc2)n1. The van der Waals surface area contributed by atoms with Crippen LogP contribution in [0.2, 0.25) is 0 Å². The fourth-order valence-electron chi connectivity index (χ4n) is 2.90. The molecule has 3 rings (SSSR count). The fraction of sp³-hybridized carbons (Fsp3) is 0.273. The van der Waals surface area contributed by atoms with Gasteiger partial charge in [-0.2, -0.15) is 0 Å². The van der Waals surface area contributed by atoms with Gasteiger partial charge in [-0.1, -0.05) is 30.3 Å². The van der Waals surface area contributed by atoms with Crippen molar-refractivity contribution >= 4 is 27.3 Å². The molecule has 6 nitrogen and oxygen atoms in total. The van der Waals surface area contributed by atoms with Crippen LogP contribution in [0, 0.1) is 6.92 Å². The van der Waals surface area contributed by atoms with Crippen LogP contribution in [-0.2, 0) is 16.6 Å². The molecule has 0 saturated carbocycles. The monoisotopic (exact) mass is 443 g/mol. The molecular weight excluding hydrogens is 418 g/mol. The number of hydrogen-bond donors (Lipinski definition) is 2. The predicted octanol–water partition coefficient (Wildman–Crippen LogP) is 4.13. The molecule has 1 amide bonds. The van der Waals surface area contributed by atoms with E-state index in [-0.39, 0.29) is 17.3 Å². The second-order valence-corrected chi connectivity index (χ2v) is 10.5. The first-order valence-electron chi connectivity index (χ1n) is 9.48. The highest BCUT2D eigenvalue weighted by Crippen LogP contribution is 2.24. The van der Waals surface area contributed by atoms with Crippen LogP contribution in [0.5, 0.6) is 0 Å². The first-order valence-corrected chi connectivity index (χ1v) is 11.8. The number of aromatic nitrogens is 1. The maximum Gasteiger partial charge on any atom is 0.251 e. The van der Waals surface area contributed by atoms with Crippen LogP contribution in [-0.4, -0.2) is 24.8 Å². The van der Waals surface area contributed by atoms with Crippen molar-refractivity contribution in [2.75, 3.05) is 0 Å². The normalized spacial score (nSPS) is 12.0. The highest BCUT2D eigenvalue weighted by Gasteiger charge is 2.24. The van der Waals surface area contributed by atoms with E-state index >= 15 is 0 Å². The van der Waals surface area contributed by atoms with E-state index in [1.807, 2.05) is 24.4 Å². The molecule has 8 heteroatoms. The quantitative estimate of drug-likeness (QED) is 0.600. The fourth-order valence-corrected chi connectivity index (χ4v) is 5.36. The number of carbonyl (C=O) groups is 1. The molecule has 1 aromatic heterocycles. The van der Waals surface area contributed by atoms with E-state index in [1.165, 1.54) is 0 Å². The van der Waals surface area contributed by atoms with Crippen molar-refractivity contribution in [3.8, 4) is 10.6 Å². The molecule has 30 heavy (non-hydrogen) atoms. The Balaban J connectivity index is 1.72. The lowest BCUT2D eigenvalue weighted by atomic mass is 10.1. The van der Waals surface area contributed by atoms with Gasteiger partial charge in [0.1, 0.15) is 5.01 Å². The third kappa shape index (κ3) is 5.53. The predicted molar refractivity (Wildman–Crippen MR) is 120 cm³/mol. The van der Waals surface area contributed by atoms with E-state index in [0.29, 0.717) is 11.1 Å². The number of nitrogens with one attached hydrogen (secondary N) is 2. The lowest BCUT2D eigenvalue weighted by Gasteiger charge is -2.21. The van der Waals surface area contributed by atoms with Crippen LogP contribution in [0.4, 0.5) is 0 Å². The van der Waals surface area contributed by atoms with Crippen LogP contribution in [0.1, 0.15) is 42.4 Å². The molecule has 0 saturated heterocycles. The Labute approximate surface area is 181 Å². The molecule has 158 valence electrons. The van der Waals surface area contributed by atoms with Gasteiger partial charge < -0.3 is 5.32 Å². The van der Waals surface area contributed by atoms with Gasteiger partial charge in [-0.25, -0.2) is 18.1 Å². The summed E-state index contributed by atoms with van der Waals surface area (Å²) < 4.78 is 28.1. The first-order chi connectivity index (χ1) is 14.0. The number of aryl methyl sites for hydroxylation is 1. The Morgan fingerprint density at radius 2 is 1.73 bits per heavy atom. The Morgan fingerprint density at radius 3 is 2.33 bits per heavy atom. The lowest BCUT2D eigenvalue weighted by molar-refractivity contribution is 0.0950. The number of benzene rings is 2. The van der Waals surface area contributed by atoms with Crippen LogP contribution in [0.15, 0.2) is 58.8 Å². The van der Waals surface area contributed by atoms with Crippen molar-refractivity contribution in [3.63, 3.8) is 0 Å². The van der Waals surface area contributed by atoms with Crippen LogP contribution in [0.25, 0.3) is 10.6 Å². The number of hydrogen-bond acceptors (Lipinski definition) is 5. The molecule has 0 unspecified atom stereocenters. The first kappa shape index (κ1) is 22.1. The minimum Gasteiger partial charge on any atom is -0.348 e. The summed E-state index contributed by atoms with van der Waals surface area (Å²) in [6.07, 6.45) is 0. The van der Waals surface area contributed by atoms with Gasteiger partial charge in [0.25, 0.3) is 5.91 Å². The van der Waals surface area contributed by atoms with Gasteiger partial charge in [-0.15, -0.1) is 11.3 Å². The summed E-state index contributed by atoms with van der Waals surface area (Å²) in [6, 6.07) is 13.9. The largest absolute Gasteiger partial charge is 0.348 e. The Morgan fingerprint density at radius 1 is 1.07 bits per heavy atom. The highest BCUT2D eigenvalue weighted by molar-refractivity contribution is 7.89. The second kappa shape index (κ2) is 8.67. The number of thiazole rings is 1. The maximum absolute atomic E-state index is 12.7. The molecule has 0 aliphatic heterocycles. The molecular formula is C22H25N3O3S2. The molecule has 1 heterocycles. The van der Waals surface area contributed by atoms with Gasteiger partial charge in [-0.3, -0.25) is 4.79 Å². The van der Waals surface area contributed by atoms with Gasteiger partial charge in [0.2, 0.25) is 10.0 Å². The van der Waals surface area contributed by atoms with Crippen molar-refractivity contribution in [1.29, 1.82) is 0 Å². The van der Waals surface area contributed by atoms with Crippen molar-refractivity contribution in [3.05, 3.63) is 70.7 Å². The summed E-state index contributed by atoms with van der Waals surface area (Å²) in [5, 5.41) is 5.70. The molecule has 0 radical (unpaired) electrons. The maximum atomic E-state index is 12.7. The van der Waals surface area contributed by atoms with Gasteiger partial charge in [0, 0.05) is 34.3 Å². The summed E-state index contributed by atoms with van der Waals surface area (Å²) in [4.78, 5) is 17.2. The van der Waals surface area contributed by atoms with Crippen LogP contribution < -0.4 is 10.0 Å². The zero-order valence-corrected chi connectivity index (χ0v) is 19.0. The molecule has 0 aliphatic rings. The number of amides is 1. The van der Waals surface area contributed by atoms with Gasteiger partial charge in [0.05, 0.1) is 4.90 Å².